The van der Waals surface area contributed by atoms with Crippen molar-refractivity contribution in [1.82, 2.24) is 5.32 Å². The molecule has 3 atom stereocenters. The molecule has 1 saturated carbocycles. The first-order chi connectivity index (χ1) is 8.17. The Morgan fingerprint density at radius 3 is 2.65 bits per heavy atom. The van der Waals surface area contributed by atoms with Gasteiger partial charge in [0.2, 0.25) is 0 Å². The minimum absolute atomic E-state index is 0.592. The van der Waals surface area contributed by atoms with Gasteiger partial charge in [-0.15, -0.1) is 12.3 Å². The molecule has 1 heteroatoms. The number of hydrogen-bond donors (Lipinski definition) is 1. The van der Waals surface area contributed by atoms with E-state index in [9.17, 15) is 0 Å². The molecule has 0 amide bonds. The Labute approximate surface area is 108 Å². The molecule has 1 N–H and O–H groups in total. The summed E-state index contributed by atoms with van der Waals surface area (Å²) in [4.78, 5) is 0. The van der Waals surface area contributed by atoms with Crippen LogP contribution >= 0.6 is 0 Å². The van der Waals surface area contributed by atoms with Gasteiger partial charge < -0.3 is 5.32 Å². The largest absolute Gasteiger partial charge is 0.314 e. The van der Waals surface area contributed by atoms with E-state index < -0.39 is 0 Å². The first kappa shape index (κ1) is 14.6. The molecule has 0 aromatic carbocycles. The second kappa shape index (κ2) is 7.77. The molecule has 0 aliphatic heterocycles. The van der Waals surface area contributed by atoms with Crippen LogP contribution in [-0.2, 0) is 0 Å². The molecule has 3 unspecified atom stereocenters. The zero-order valence-electron chi connectivity index (χ0n) is 11.8. The van der Waals surface area contributed by atoms with Crippen molar-refractivity contribution < 1.29 is 0 Å². The molecule has 1 aliphatic rings. The van der Waals surface area contributed by atoms with E-state index in [1.165, 1.54) is 32.1 Å². The lowest BCUT2D eigenvalue weighted by Crippen LogP contribution is -2.35. The number of nitrogens with one attached hydrogen (secondary N) is 1. The quantitative estimate of drug-likeness (QED) is 0.690. The van der Waals surface area contributed by atoms with Crippen molar-refractivity contribution in [3.05, 3.63) is 0 Å². The van der Waals surface area contributed by atoms with E-state index in [0.29, 0.717) is 6.04 Å². The highest BCUT2D eigenvalue weighted by atomic mass is 14.9. The Hall–Kier alpha value is -0.480. The van der Waals surface area contributed by atoms with Crippen molar-refractivity contribution in [2.24, 2.45) is 17.8 Å². The lowest BCUT2D eigenvalue weighted by Gasteiger charge is -2.36. The summed E-state index contributed by atoms with van der Waals surface area (Å²) in [6.45, 7) is 7.89. The first-order valence-corrected chi connectivity index (χ1v) is 7.34. The second-order valence-electron chi connectivity index (χ2n) is 5.96. The molecule has 1 fully saturated rings. The van der Waals surface area contributed by atoms with Crippen LogP contribution in [-0.4, -0.2) is 12.6 Å². The van der Waals surface area contributed by atoms with Crippen LogP contribution in [0.5, 0.6) is 0 Å². The predicted molar refractivity (Wildman–Crippen MR) is 75.8 cm³/mol. The molecule has 0 bridgehead atoms. The van der Waals surface area contributed by atoms with Gasteiger partial charge in [-0.3, -0.25) is 0 Å². The van der Waals surface area contributed by atoms with Gasteiger partial charge in [0.25, 0.3) is 0 Å². The molecule has 0 spiro atoms. The predicted octanol–water partition coefficient (Wildman–Crippen LogP) is 3.84. The van der Waals surface area contributed by atoms with E-state index >= 15 is 0 Å². The van der Waals surface area contributed by atoms with Gasteiger partial charge in [0.15, 0.2) is 0 Å². The third-order valence-electron chi connectivity index (χ3n) is 4.11. The molecular weight excluding hydrogens is 206 g/mol. The van der Waals surface area contributed by atoms with E-state index in [1.807, 2.05) is 0 Å². The fourth-order valence-corrected chi connectivity index (χ4v) is 3.15. The van der Waals surface area contributed by atoms with Crippen molar-refractivity contribution in [3.63, 3.8) is 0 Å². The van der Waals surface area contributed by atoms with Crippen LogP contribution in [0.1, 0.15) is 59.3 Å². The SMILES string of the molecule is C#CCC1CC(CCC)CCC1CNC(C)C. The molecule has 0 heterocycles. The van der Waals surface area contributed by atoms with Crippen LogP contribution in [0.4, 0.5) is 0 Å². The summed E-state index contributed by atoms with van der Waals surface area (Å²) in [5.74, 6) is 5.40. The Kier molecular flexibility index (Phi) is 6.66. The molecule has 0 saturated heterocycles. The highest BCUT2D eigenvalue weighted by molar-refractivity contribution is 4.92. The standard InChI is InChI=1S/C16H29N/c1-5-7-14-9-10-16(12-17-13(3)4)15(11-14)8-6-2/h2,13-17H,5,7-12H2,1,3-4H3. The van der Waals surface area contributed by atoms with Crippen molar-refractivity contribution in [2.75, 3.05) is 6.54 Å². The van der Waals surface area contributed by atoms with Gasteiger partial charge >= 0.3 is 0 Å². The van der Waals surface area contributed by atoms with Gasteiger partial charge in [-0.25, -0.2) is 0 Å². The monoisotopic (exact) mass is 235 g/mol. The Morgan fingerprint density at radius 2 is 2.06 bits per heavy atom. The van der Waals surface area contributed by atoms with Crippen LogP contribution in [0.2, 0.25) is 0 Å². The molecule has 0 aromatic rings. The molecule has 0 radical (unpaired) electrons. The van der Waals surface area contributed by atoms with Crippen LogP contribution in [0.15, 0.2) is 0 Å². The Bertz CT molecular complexity index is 238. The van der Waals surface area contributed by atoms with Crippen LogP contribution in [0.3, 0.4) is 0 Å². The lowest BCUT2D eigenvalue weighted by molar-refractivity contribution is 0.169. The zero-order chi connectivity index (χ0) is 12.7. The van der Waals surface area contributed by atoms with Gasteiger partial charge in [-0.2, -0.15) is 0 Å². The molecule has 17 heavy (non-hydrogen) atoms. The van der Waals surface area contributed by atoms with Gasteiger partial charge in [-0.1, -0.05) is 40.0 Å². The summed E-state index contributed by atoms with van der Waals surface area (Å²) in [6.07, 6.45) is 13.4. The summed E-state index contributed by atoms with van der Waals surface area (Å²) in [5.41, 5.74) is 0. The van der Waals surface area contributed by atoms with Crippen molar-refractivity contribution in [3.8, 4) is 12.3 Å². The fourth-order valence-electron chi connectivity index (χ4n) is 3.15. The maximum absolute atomic E-state index is 5.53. The smallest absolute Gasteiger partial charge is 0.0118 e. The van der Waals surface area contributed by atoms with Gasteiger partial charge in [-0.05, 0) is 37.1 Å². The zero-order valence-corrected chi connectivity index (χ0v) is 11.8. The van der Waals surface area contributed by atoms with Crippen LogP contribution < -0.4 is 5.32 Å². The average molecular weight is 235 g/mol. The normalized spacial score (nSPS) is 29.2. The Balaban J connectivity index is 2.44. The molecule has 1 aliphatic carbocycles. The van der Waals surface area contributed by atoms with E-state index in [4.69, 9.17) is 6.42 Å². The van der Waals surface area contributed by atoms with E-state index in [-0.39, 0.29) is 0 Å². The number of terminal acetylenes is 1. The van der Waals surface area contributed by atoms with Crippen LogP contribution in [0.25, 0.3) is 0 Å². The van der Waals surface area contributed by atoms with Crippen molar-refractivity contribution in [2.45, 2.75) is 65.3 Å². The summed E-state index contributed by atoms with van der Waals surface area (Å²) in [6, 6.07) is 0.592. The summed E-state index contributed by atoms with van der Waals surface area (Å²) in [5, 5.41) is 3.58. The lowest BCUT2D eigenvalue weighted by atomic mass is 9.71. The first-order valence-electron chi connectivity index (χ1n) is 7.34. The summed E-state index contributed by atoms with van der Waals surface area (Å²) >= 11 is 0. The molecule has 1 rings (SSSR count). The number of hydrogen-bond acceptors (Lipinski definition) is 1. The highest BCUT2D eigenvalue weighted by Crippen LogP contribution is 2.37. The van der Waals surface area contributed by atoms with Gasteiger partial charge in [0.05, 0.1) is 0 Å². The topological polar surface area (TPSA) is 12.0 Å². The van der Waals surface area contributed by atoms with E-state index in [2.05, 4.69) is 32.0 Å². The average Bonchev–Trinajstić information content (AvgIpc) is 2.28. The highest BCUT2D eigenvalue weighted by Gasteiger charge is 2.29. The third kappa shape index (κ3) is 5.13. The van der Waals surface area contributed by atoms with E-state index in [0.717, 1.165) is 30.7 Å². The number of rotatable bonds is 6. The van der Waals surface area contributed by atoms with Gasteiger partial charge in [0.1, 0.15) is 0 Å². The molecule has 0 aromatic heterocycles. The Morgan fingerprint density at radius 1 is 1.29 bits per heavy atom. The molecule has 98 valence electrons. The molecule has 1 nitrogen and oxygen atoms in total. The maximum atomic E-state index is 5.53. The van der Waals surface area contributed by atoms with Crippen molar-refractivity contribution >= 4 is 0 Å². The third-order valence-corrected chi connectivity index (χ3v) is 4.11. The van der Waals surface area contributed by atoms with E-state index in [1.54, 1.807) is 0 Å². The summed E-state index contributed by atoms with van der Waals surface area (Å²) in [7, 11) is 0. The minimum atomic E-state index is 0.592. The van der Waals surface area contributed by atoms with Crippen molar-refractivity contribution in [1.29, 1.82) is 0 Å². The van der Waals surface area contributed by atoms with Crippen LogP contribution in [0, 0.1) is 30.1 Å². The second-order valence-corrected chi connectivity index (χ2v) is 5.96. The molecular formula is C16H29N. The van der Waals surface area contributed by atoms with Gasteiger partial charge in [0, 0.05) is 12.5 Å². The minimum Gasteiger partial charge on any atom is -0.314 e. The summed E-state index contributed by atoms with van der Waals surface area (Å²) < 4.78 is 0. The maximum Gasteiger partial charge on any atom is 0.0118 e. The fraction of sp³-hybridized carbons (Fsp3) is 0.875.